The van der Waals surface area contributed by atoms with Crippen LogP contribution < -0.4 is 0 Å². The fraction of sp³-hybridized carbons (Fsp3) is 0.0147. The Labute approximate surface area is 416 Å². The molecule has 2 aromatic heterocycles. The lowest BCUT2D eigenvalue weighted by Gasteiger charge is -2.39. The lowest BCUT2D eigenvalue weighted by atomic mass is 9.65. The van der Waals surface area contributed by atoms with E-state index in [0.29, 0.717) is 17.5 Å². The Morgan fingerprint density at radius 2 is 0.833 bits per heavy atom. The van der Waals surface area contributed by atoms with Crippen molar-refractivity contribution in [3.63, 3.8) is 0 Å². The Kier molecular flexibility index (Phi) is 8.84. The molecule has 0 saturated carbocycles. The molecule has 1 aliphatic carbocycles. The standard InChI is InChI=1S/C68H42N4/c1-3-18-43(19-4-1)46-23-15-25-49(40-46)66-69-65(45-21-5-2-6-22-45)70-67(71-66)50-26-16-24-48(41-50)63-51-27-8-7-20-44(51)36-38-52(63)47-37-39-54-53-28-9-11-31-57(53)68(60(54)42-47)58-32-12-14-35-62(58)72-61-34-13-10-29-55(61)56-30-17-33-59(68)64(56)72/h1-42H. The largest absolute Gasteiger partial charge is 0.309 e. The molecular formula is C68H42N4. The normalized spacial score (nSPS) is 14.2. The third-order valence-electron chi connectivity index (χ3n) is 15.2. The average Bonchev–Trinajstić information content (AvgIpc) is 3.96. The molecular weight excluding hydrogens is 873 g/mol. The van der Waals surface area contributed by atoms with Crippen LogP contribution in [0.5, 0.6) is 0 Å². The molecule has 1 aliphatic heterocycles. The first kappa shape index (κ1) is 40.4. The molecule has 2 aliphatic rings. The van der Waals surface area contributed by atoms with E-state index in [9.17, 15) is 0 Å². The van der Waals surface area contributed by atoms with Crippen molar-refractivity contribution in [1.82, 2.24) is 19.5 Å². The number of nitrogens with zero attached hydrogens (tertiary/aromatic N) is 4. The van der Waals surface area contributed by atoms with Crippen molar-refractivity contribution in [2.75, 3.05) is 0 Å². The van der Waals surface area contributed by atoms with Gasteiger partial charge in [0.2, 0.25) is 0 Å². The predicted octanol–water partition coefficient (Wildman–Crippen LogP) is 16.8. The minimum absolute atomic E-state index is 0.563. The minimum atomic E-state index is -0.563. The van der Waals surface area contributed by atoms with Gasteiger partial charge in [0, 0.05) is 27.5 Å². The Hall–Kier alpha value is -9.51. The maximum atomic E-state index is 5.26. The van der Waals surface area contributed by atoms with E-state index in [1.807, 2.05) is 24.3 Å². The van der Waals surface area contributed by atoms with Crippen molar-refractivity contribution in [2.24, 2.45) is 0 Å². The highest BCUT2D eigenvalue weighted by Gasteiger charge is 2.51. The summed E-state index contributed by atoms with van der Waals surface area (Å²) in [5.41, 5.74) is 20.5. The van der Waals surface area contributed by atoms with E-state index in [4.69, 9.17) is 15.0 Å². The predicted molar refractivity (Wildman–Crippen MR) is 295 cm³/mol. The van der Waals surface area contributed by atoms with Gasteiger partial charge in [0.25, 0.3) is 0 Å². The van der Waals surface area contributed by atoms with Crippen LogP contribution in [0.3, 0.4) is 0 Å². The van der Waals surface area contributed by atoms with E-state index in [2.05, 4.69) is 235 Å². The minimum Gasteiger partial charge on any atom is -0.309 e. The zero-order chi connectivity index (χ0) is 47.3. The van der Waals surface area contributed by atoms with Gasteiger partial charge in [-0.1, -0.05) is 224 Å². The summed E-state index contributed by atoms with van der Waals surface area (Å²) < 4.78 is 2.51. The first-order valence-electron chi connectivity index (χ1n) is 24.7. The van der Waals surface area contributed by atoms with E-state index >= 15 is 0 Å². The van der Waals surface area contributed by atoms with Crippen molar-refractivity contribution >= 4 is 32.6 Å². The van der Waals surface area contributed by atoms with Crippen LogP contribution >= 0.6 is 0 Å². The molecule has 0 amide bonds. The molecule has 0 radical (unpaired) electrons. The summed E-state index contributed by atoms with van der Waals surface area (Å²) in [5.74, 6) is 1.87. The number of benzene rings is 11. The van der Waals surface area contributed by atoms with Gasteiger partial charge in [-0.15, -0.1) is 0 Å². The van der Waals surface area contributed by atoms with Crippen LogP contribution in [0.25, 0.3) is 117 Å². The smallest absolute Gasteiger partial charge is 0.164 e. The molecule has 1 spiro atoms. The molecule has 72 heavy (non-hydrogen) atoms. The second-order valence-corrected chi connectivity index (χ2v) is 19.0. The lowest BCUT2D eigenvalue weighted by molar-refractivity contribution is 0.749. The van der Waals surface area contributed by atoms with E-state index < -0.39 is 5.41 Å². The van der Waals surface area contributed by atoms with E-state index in [0.717, 1.165) is 44.5 Å². The Balaban J connectivity index is 0.938. The molecule has 0 N–H and O–H groups in total. The van der Waals surface area contributed by atoms with E-state index in [1.165, 1.54) is 77.2 Å². The summed E-state index contributed by atoms with van der Waals surface area (Å²) in [7, 11) is 0. The van der Waals surface area contributed by atoms with Crippen molar-refractivity contribution in [3.05, 3.63) is 277 Å². The first-order valence-corrected chi connectivity index (χ1v) is 24.7. The van der Waals surface area contributed by atoms with Gasteiger partial charge in [-0.05, 0) is 108 Å². The molecule has 13 aromatic rings. The topological polar surface area (TPSA) is 43.6 Å². The van der Waals surface area contributed by atoms with Gasteiger partial charge < -0.3 is 4.57 Å². The summed E-state index contributed by atoms with van der Waals surface area (Å²) in [6.45, 7) is 0. The SMILES string of the molecule is c1ccc(-c2cccc(-c3nc(-c4ccccc4)nc(-c4cccc(-c5c(-c6ccc7c(c6)C6(c8ccccc8-7)c7ccccc7-n7c8ccccc8c8cccc6c87)ccc6ccccc56)c4)n3)c2)cc1. The second-order valence-electron chi connectivity index (χ2n) is 19.0. The van der Waals surface area contributed by atoms with Crippen LogP contribution in [0.15, 0.2) is 255 Å². The van der Waals surface area contributed by atoms with Crippen molar-refractivity contribution in [2.45, 2.75) is 5.41 Å². The molecule has 1 atom stereocenters. The third-order valence-corrected chi connectivity index (χ3v) is 15.2. The molecule has 4 nitrogen and oxygen atoms in total. The number of rotatable bonds is 6. The van der Waals surface area contributed by atoms with Crippen molar-refractivity contribution < 1.29 is 0 Å². The Bertz CT molecular complexity index is 4340. The summed E-state index contributed by atoms with van der Waals surface area (Å²) in [6.07, 6.45) is 0. The van der Waals surface area contributed by atoms with Gasteiger partial charge in [-0.3, -0.25) is 0 Å². The fourth-order valence-corrected chi connectivity index (χ4v) is 12.2. The van der Waals surface area contributed by atoms with Gasteiger partial charge in [0.05, 0.1) is 22.1 Å². The Morgan fingerprint density at radius 3 is 1.64 bits per heavy atom. The Morgan fingerprint density at radius 1 is 0.292 bits per heavy atom. The van der Waals surface area contributed by atoms with Crippen LogP contribution in [0.1, 0.15) is 22.3 Å². The maximum absolute atomic E-state index is 5.26. The number of aromatic nitrogens is 4. The zero-order valence-electron chi connectivity index (χ0n) is 39.0. The van der Waals surface area contributed by atoms with Gasteiger partial charge >= 0.3 is 0 Å². The molecule has 0 bridgehead atoms. The van der Waals surface area contributed by atoms with Crippen LogP contribution in [0, 0.1) is 0 Å². The van der Waals surface area contributed by atoms with Gasteiger partial charge in [-0.25, -0.2) is 15.0 Å². The van der Waals surface area contributed by atoms with Crippen LogP contribution in [-0.4, -0.2) is 19.5 Å². The summed E-state index contributed by atoms with van der Waals surface area (Å²) in [6, 6.07) is 92.5. The molecule has 0 fully saturated rings. The van der Waals surface area contributed by atoms with Crippen molar-refractivity contribution in [1.29, 1.82) is 0 Å². The van der Waals surface area contributed by atoms with E-state index in [1.54, 1.807) is 0 Å². The second kappa shape index (κ2) is 15.8. The summed E-state index contributed by atoms with van der Waals surface area (Å²) in [4.78, 5) is 15.6. The first-order chi connectivity index (χ1) is 35.7. The number of para-hydroxylation sites is 3. The molecule has 15 rings (SSSR count). The van der Waals surface area contributed by atoms with Gasteiger partial charge in [0.1, 0.15) is 0 Å². The highest BCUT2D eigenvalue weighted by molar-refractivity contribution is 6.13. The average molecular weight is 915 g/mol. The highest BCUT2D eigenvalue weighted by Crippen LogP contribution is 2.61. The fourth-order valence-electron chi connectivity index (χ4n) is 12.2. The molecule has 4 heteroatoms. The number of fused-ring (bicyclic) bond motifs is 13. The summed E-state index contributed by atoms with van der Waals surface area (Å²) in [5, 5.41) is 4.91. The quantitative estimate of drug-likeness (QED) is 0.167. The number of hydrogen-bond acceptors (Lipinski definition) is 3. The molecule has 0 saturated heterocycles. The molecule has 11 aromatic carbocycles. The van der Waals surface area contributed by atoms with Crippen LogP contribution in [0.2, 0.25) is 0 Å². The monoisotopic (exact) mass is 914 g/mol. The number of hydrogen-bond donors (Lipinski definition) is 0. The maximum Gasteiger partial charge on any atom is 0.164 e. The molecule has 1 unspecified atom stereocenters. The molecule has 3 heterocycles. The third kappa shape index (κ3) is 5.90. The summed E-state index contributed by atoms with van der Waals surface area (Å²) >= 11 is 0. The lowest BCUT2D eigenvalue weighted by Crippen LogP contribution is -2.33. The molecule has 334 valence electrons. The zero-order valence-corrected chi connectivity index (χ0v) is 39.0. The highest BCUT2D eigenvalue weighted by atomic mass is 15.0. The van der Waals surface area contributed by atoms with E-state index in [-0.39, 0.29) is 0 Å². The van der Waals surface area contributed by atoms with Gasteiger partial charge in [0.15, 0.2) is 17.5 Å². The van der Waals surface area contributed by atoms with Crippen LogP contribution in [0.4, 0.5) is 0 Å². The van der Waals surface area contributed by atoms with Gasteiger partial charge in [-0.2, -0.15) is 0 Å². The van der Waals surface area contributed by atoms with Crippen molar-refractivity contribution in [3.8, 4) is 84.4 Å². The van der Waals surface area contributed by atoms with Crippen LogP contribution in [-0.2, 0) is 5.41 Å².